The third-order valence-electron chi connectivity index (χ3n) is 6.99. The van der Waals surface area contributed by atoms with Gasteiger partial charge in [0.15, 0.2) is 0 Å². The Bertz CT molecular complexity index is 1330. The minimum absolute atomic E-state index is 0.0471. The zero-order chi connectivity index (χ0) is 26.5. The fraction of sp³-hybridized carbons (Fsp3) is 0.323. The summed E-state index contributed by atoms with van der Waals surface area (Å²) >= 11 is 0. The van der Waals surface area contributed by atoms with Gasteiger partial charge in [-0.25, -0.2) is 9.98 Å². The fourth-order valence-corrected chi connectivity index (χ4v) is 5.20. The highest BCUT2D eigenvalue weighted by molar-refractivity contribution is 6.31. The van der Waals surface area contributed by atoms with Crippen molar-refractivity contribution in [2.45, 2.75) is 45.8 Å². The predicted octanol–water partition coefficient (Wildman–Crippen LogP) is 4.96. The summed E-state index contributed by atoms with van der Waals surface area (Å²) in [6, 6.07) is 23.5. The third-order valence-corrected chi connectivity index (χ3v) is 6.99. The molecule has 2 unspecified atom stereocenters. The molecule has 2 atom stereocenters. The van der Waals surface area contributed by atoms with Crippen molar-refractivity contribution in [2.75, 3.05) is 30.3 Å². The van der Waals surface area contributed by atoms with Gasteiger partial charge in [-0.15, -0.1) is 0 Å². The molecule has 0 amide bonds. The third kappa shape index (κ3) is 5.39. The maximum Gasteiger partial charge on any atom is 0.145 e. The minimum Gasteiger partial charge on any atom is -0.383 e. The first-order valence-corrected chi connectivity index (χ1v) is 13.6. The molecule has 7 nitrogen and oxygen atoms in total. The first-order valence-electron chi connectivity index (χ1n) is 13.6. The van der Waals surface area contributed by atoms with Gasteiger partial charge in [0.1, 0.15) is 23.5 Å². The molecule has 38 heavy (non-hydrogen) atoms. The SMILES string of the molecule is CC.CC1CN(Cc2ccc(N3C(c4cccnc4N)=NC4CC=C(c5ccccc5)N=C43)cc2)CCN1. The van der Waals surface area contributed by atoms with Crippen LogP contribution in [0.5, 0.6) is 0 Å². The molecular weight excluding hydrogens is 470 g/mol. The molecule has 3 N–H and O–H groups in total. The Labute approximate surface area is 225 Å². The average molecular weight is 508 g/mol. The number of benzene rings is 2. The summed E-state index contributed by atoms with van der Waals surface area (Å²) in [5.74, 6) is 2.20. The highest BCUT2D eigenvalue weighted by Crippen LogP contribution is 2.33. The Balaban J connectivity index is 0.00000144. The molecule has 0 radical (unpaired) electrons. The number of hydrogen-bond donors (Lipinski definition) is 2. The van der Waals surface area contributed by atoms with Crippen molar-refractivity contribution in [3.8, 4) is 0 Å². The number of nitrogens with two attached hydrogens (primary N) is 1. The van der Waals surface area contributed by atoms with Gasteiger partial charge >= 0.3 is 0 Å². The molecule has 0 aliphatic carbocycles. The first kappa shape index (κ1) is 25.8. The lowest BCUT2D eigenvalue weighted by atomic mass is 10.0. The number of nitrogens with one attached hydrogen (secondary N) is 1. The number of rotatable bonds is 5. The monoisotopic (exact) mass is 507 g/mol. The zero-order valence-electron chi connectivity index (χ0n) is 22.5. The Morgan fingerprint density at radius 2 is 1.79 bits per heavy atom. The summed E-state index contributed by atoms with van der Waals surface area (Å²) in [4.78, 5) is 19.2. The smallest absolute Gasteiger partial charge is 0.145 e. The molecule has 1 saturated heterocycles. The van der Waals surface area contributed by atoms with E-state index in [4.69, 9.17) is 15.7 Å². The van der Waals surface area contributed by atoms with E-state index in [0.29, 0.717) is 11.9 Å². The summed E-state index contributed by atoms with van der Waals surface area (Å²) in [5.41, 5.74) is 11.6. The van der Waals surface area contributed by atoms with Crippen molar-refractivity contribution < 1.29 is 0 Å². The Hall–Kier alpha value is -3.81. The lowest BCUT2D eigenvalue weighted by Gasteiger charge is -2.32. The van der Waals surface area contributed by atoms with Gasteiger partial charge in [0.25, 0.3) is 0 Å². The number of nitrogen functional groups attached to an aromatic ring is 1. The fourth-order valence-electron chi connectivity index (χ4n) is 5.20. The maximum absolute atomic E-state index is 6.31. The molecule has 3 aliphatic heterocycles. The average Bonchev–Trinajstić information content (AvgIpc) is 3.34. The van der Waals surface area contributed by atoms with Crippen LogP contribution in [0.25, 0.3) is 5.70 Å². The Kier molecular flexibility index (Phi) is 7.96. The number of pyridine rings is 1. The molecule has 2 aromatic carbocycles. The van der Waals surface area contributed by atoms with E-state index in [1.54, 1.807) is 6.20 Å². The van der Waals surface area contributed by atoms with E-state index in [0.717, 1.165) is 66.8 Å². The number of aliphatic imine (C=N–C) groups is 2. The largest absolute Gasteiger partial charge is 0.383 e. The van der Waals surface area contributed by atoms with E-state index >= 15 is 0 Å². The molecule has 7 heteroatoms. The minimum atomic E-state index is -0.0471. The van der Waals surface area contributed by atoms with Crippen LogP contribution in [-0.2, 0) is 6.54 Å². The van der Waals surface area contributed by atoms with Gasteiger partial charge in [0.2, 0.25) is 0 Å². The molecule has 4 heterocycles. The zero-order valence-corrected chi connectivity index (χ0v) is 22.5. The van der Waals surface area contributed by atoms with Crippen molar-refractivity contribution in [2.24, 2.45) is 9.98 Å². The lowest BCUT2D eigenvalue weighted by Crippen LogP contribution is -2.48. The number of amidine groups is 2. The van der Waals surface area contributed by atoms with Crippen LogP contribution in [0.1, 0.15) is 43.9 Å². The van der Waals surface area contributed by atoms with Crippen LogP contribution in [0, 0.1) is 0 Å². The van der Waals surface area contributed by atoms with Crippen molar-refractivity contribution in [1.82, 2.24) is 15.2 Å². The number of nitrogens with zero attached hydrogens (tertiary/aromatic N) is 5. The maximum atomic E-state index is 6.31. The van der Waals surface area contributed by atoms with Gasteiger partial charge in [0.05, 0.1) is 11.3 Å². The Morgan fingerprint density at radius 3 is 2.53 bits per heavy atom. The van der Waals surface area contributed by atoms with Gasteiger partial charge in [-0.1, -0.05) is 62.4 Å². The molecule has 196 valence electrons. The van der Waals surface area contributed by atoms with Gasteiger partial charge in [-0.05, 0) is 48.7 Å². The molecule has 1 aromatic heterocycles. The molecule has 3 aliphatic rings. The van der Waals surface area contributed by atoms with Crippen molar-refractivity contribution in [3.05, 3.63) is 95.7 Å². The Morgan fingerprint density at radius 1 is 1.00 bits per heavy atom. The summed E-state index contributed by atoms with van der Waals surface area (Å²) in [7, 11) is 0. The van der Waals surface area contributed by atoms with Crippen LogP contribution in [0.2, 0.25) is 0 Å². The standard InChI is InChI=1S/C29H31N7.C2H6/c1-20-18-35(17-16-31-20)19-21-9-11-23(12-10-21)36-28(24-8-5-15-32-27(24)30)34-26-14-13-25(33-29(26)36)22-6-3-2-4-7-22;1-2/h2-13,15,20,26,31H,14,16-19H2,1H3,(H2,30,32);1-2H3. The quantitative estimate of drug-likeness (QED) is 0.510. The highest BCUT2D eigenvalue weighted by Gasteiger charge is 2.36. The van der Waals surface area contributed by atoms with Crippen molar-refractivity contribution in [1.29, 1.82) is 0 Å². The second-order valence-electron chi connectivity index (χ2n) is 9.66. The van der Waals surface area contributed by atoms with Crippen molar-refractivity contribution >= 4 is 28.9 Å². The van der Waals surface area contributed by atoms with Crippen LogP contribution >= 0.6 is 0 Å². The molecule has 1 fully saturated rings. The van der Waals surface area contributed by atoms with Crippen LogP contribution in [-0.4, -0.2) is 53.3 Å². The van der Waals surface area contributed by atoms with Crippen molar-refractivity contribution in [3.63, 3.8) is 0 Å². The molecule has 0 saturated carbocycles. The number of hydrogen-bond acceptors (Lipinski definition) is 7. The molecule has 0 bridgehead atoms. The van der Waals surface area contributed by atoms with Gasteiger partial charge < -0.3 is 11.1 Å². The summed E-state index contributed by atoms with van der Waals surface area (Å²) in [6.07, 6.45) is 4.69. The second kappa shape index (κ2) is 11.7. The van der Waals surface area contributed by atoms with Crippen LogP contribution in [0.4, 0.5) is 11.5 Å². The number of aromatic nitrogens is 1. The highest BCUT2D eigenvalue weighted by atomic mass is 15.3. The summed E-state index contributed by atoms with van der Waals surface area (Å²) in [5, 5.41) is 3.52. The molecule has 0 spiro atoms. The van der Waals surface area contributed by atoms with E-state index < -0.39 is 0 Å². The van der Waals surface area contributed by atoms with Crippen LogP contribution < -0.4 is 16.0 Å². The van der Waals surface area contributed by atoms with Crippen LogP contribution in [0.3, 0.4) is 0 Å². The summed E-state index contributed by atoms with van der Waals surface area (Å²) in [6.45, 7) is 10.4. The van der Waals surface area contributed by atoms with E-state index in [2.05, 4.69) is 69.5 Å². The second-order valence-corrected chi connectivity index (χ2v) is 9.66. The molecular formula is C31H37N7. The van der Waals surface area contributed by atoms with E-state index in [1.807, 2.05) is 44.2 Å². The number of anilines is 2. The molecule has 6 rings (SSSR count). The number of fused-ring (bicyclic) bond motifs is 1. The summed E-state index contributed by atoms with van der Waals surface area (Å²) < 4.78 is 0. The normalized spacial score (nSPS) is 21.0. The van der Waals surface area contributed by atoms with Gasteiger partial charge in [0, 0.05) is 44.1 Å². The van der Waals surface area contributed by atoms with E-state index in [9.17, 15) is 0 Å². The molecule has 3 aromatic rings. The topological polar surface area (TPSA) is 82.1 Å². The predicted molar refractivity (Wildman–Crippen MR) is 158 cm³/mol. The lowest BCUT2D eigenvalue weighted by molar-refractivity contribution is 0.199. The number of piperazine rings is 1. The van der Waals surface area contributed by atoms with Gasteiger partial charge in [-0.3, -0.25) is 14.8 Å². The van der Waals surface area contributed by atoms with Crippen LogP contribution in [0.15, 0.2) is 89.0 Å². The first-order chi connectivity index (χ1) is 18.7. The van der Waals surface area contributed by atoms with E-state index in [-0.39, 0.29) is 6.04 Å². The van der Waals surface area contributed by atoms with Gasteiger partial charge in [-0.2, -0.15) is 0 Å². The van der Waals surface area contributed by atoms with E-state index in [1.165, 1.54) is 5.56 Å².